The molecule has 0 aliphatic rings. The van der Waals surface area contributed by atoms with Crippen LogP contribution in [-0.4, -0.2) is 15.9 Å². The van der Waals surface area contributed by atoms with Gasteiger partial charge in [-0.15, -0.1) is 0 Å². The minimum Gasteiger partial charge on any atom is -0.255 e. The Morgan fingerprint density at radius 1 is 1.24 bits per heavy atom. The van der Waals surface area contributed by atoms with Crippen molar-refractivity contribution in [2.24, 2.45) is 4.40 Å². The zero-order valence-electron chi connectivity index (χ0n) is 9.75. The van der Waals surface area contributed by atoms with Crippen LogP contribution in [0.1, 0.15) is 32.0 Å². The molecule has 0 unspecified atom stereocenters. The third kappa shape index (κ3) is 5.21. The number of nitrogens with zero attached hydrogens (tertiary/aromatic N) is 2. The van der Waals surface area contributed by atoms with Crippen LogP contribution in [0.2, 0.25) is 0 Å². The lowest BCUT2D eigenvalue weighted by Crippen LogP contribution is -2.06. The lowest BCUT2D eigenvalue weighted by Gasteiger charge is -2.12. The first kappa shape index (κ1) is 14.0. The van der Waals surface area contributed by atoms with Gasteiger partial charge in [-0.05, 0) is 44.9 Å². The quantitative estimate of drug-likeness (QED) is 0.595. The van der Waals surface area contributed by atoms with Gasteiger partial charge >= 0.3 is 6.18 Å². The van der Waals surface area contributed by atoms with Crippen LogP contribution < -0.4 is 0 Å². The molecule has 0 saturated carbocycles. The van der Waals surface area contributed by atoms with E-state index < -0.39 is 11.7 Å². The first-order valence-corrected chi connectivity index (χ1v) is 5.71. The van der Waals surface area contributed by atoms with E-state index in [4.69, 9.17) is 0 Å². The molecule has 0 amide bonds. The number of alkyl halides is 3. The van der Waals surface area contributed by atoms with Crippen LogP contribution in [0.5, 0.6) is 0 Å². The Morgan fingerprint density at radius 2 is 1.88 bits per heavy atom. The fourth-order valence-corrected chi connectivity index (χ4v) is 1.36. The van der Waals surface area contributed by atoms with Gasteiger partial charge in [-0.2, -0.15) is 13.2 Å². The van der Waals surface area contributed by atoms with Crippen molar-refractivity contribution in [2.75, 3.05) is 0 Å². The van der Waals surface area contributed by atoms with Crippen LogP contribution in [-0.2, 0) is 6.18 Å². The second-order valence-corrected chi connectivity index (χ2v) is 6.03. The lowest BCUT2D eigenvalue weighted by molar-refractivity contribution is -0.137. The number of hydrogen-bond acceptors (Lipinski definition) is 3. The number of rotatable bonds is 2. The Bertz CT molecular complexity index is 391. The predicted molar refractivity (Wildman–Crippen MR) is 64.2 cm³/mol. The van der Waals surface area contributed by atoms with E-state index in [1.165, 1.54) is 24.2 Å². The SMILES string of the molecule is CC(C)(C)SN=Cc1ccc(C(F)(F)F)cn1. The third-order valence-electron chi connectivity index (χ3n) is 1.63. The molecular weight excluding hydrogens is 249 g/mol. The van der Waals surface area contributed by atoms with Crippen LogP contribution >= 0.6 is 11.9 Å². The van der Waals surface area contributed by atoms with E-state index in [1.807, 2.05) is 20.8 Å². The van der Waals surface area contributed by atoms with Gasteiger partial charge in [0.2, 0.25) is 0 Å². The number of aromatic nitrogens is 1. The average molecular weight is 262 g/mol. The summed E-state index contributed by atoms with van der Waals surface area (Å²) in [5.74, 6) is 0. The van der Waals surface area contributed by atoms with Crippen molar-refractivity contribution >= 4 is 18.2 Å². The highest BCUT2D eigenvalue weighted by Gasteiger charge is 2.30. The van der Waals surface area contributed by atoms with Crippen molar-refractivity contribution in [2.45, 2.75) is 31.7 Å². The summed E-state index contributed by atoms with van der Waals surface area (Å²) < 4.78 is 40.8. The molecule has 1 rings (SSSR count). The summed E-state index contributed by atoms with van der Waals surface area (Å²) in [7, 11) is 0. The van der Waals surface area contributed by atoms with Crippen LogP contribution in [0.3, 0.4) is 0 Å². The maximum absolute atomic E-state index is 12.3. The van der Waals surface area contributed by atoms with Gasteiger partial charge in [-0.1, -0.05) is 0 Å². The van der Waals surface area contributed by atoms with Gasteiger partial charge in [0.25, 0.3) is 0 Å². The smallest absolute Gasteiger partial charge is 0.255 e. The molecule has 0 radical (unpaired) electrons. The minimum absolute atomic E-state index is 0.0254. The molecule has 0 aliphatic carbocycles. The van der Waals surface area contributed by atoms with Crippen molar-refractivity contribution in [1.82, 2.24) is 4.98 Å². The molecule has 0 atom stereocenters. The van der Waals surface area contributed by atoms with E-state index in [0.29, 0.717) is 5.69 Å². The maximum Gasteiger partial charge on any atom is 0.417 e. The summed E-state index contributed by atoms with van der Waals surface area (Å²) in [6.45, 7) is 5.99. The normalized spacial score (nSPS) is 13.3. The number of halogens is 3. The van der Waals surface area contributed by atoms with Crippen LogP contribution in [0.25, 0.3) is 0 Å². The summed E-state index contributed by atoms with van der Waals surface area (Å²) in [5, 5.41) is 0. The molecule has 0 aliphatic heterocycles. The second-order valence-electron chi connectivity index (χ2n) is 4.41. The Kier molecular flexibility index (Phi) is 4.19. The van der Waals surface area contributed by atoms with Crippen molar-refractivity contribution in [3.63, 3.8) is 0 Å². The molecule has 1 aromatic rings. The van der Waals surface area contributed by atoms with Crippen LogP contribution in [0.4, 0.5) is 13.2 Å². The predicted octanol–water partition coefficient (Wildman–Crippen LogP) is 3.97. The molecule has 94 valence electrons. The van der Waals surface area contributed by atoms with Gasteiger partial charge in [0.15, 0.2) is 0 Å². The molecule has 0 aromatic carbocycles. The molecule has 1 heterocycles. The Balaban J connectivity index is 2.69. The number of pyridine rings is 1. The zero-order chi connectivity index (χ0) is 13.1. The van der Waals surface area contributed by atoms with Gasteiger partial charge in [-0.3, -0.25) is 4.98 Å². The van der Waals surface area contributed by atoms with Gasteiger partial charge < -0.3 is 0 Å². The minimum atomic E-state index is -4.34. The van der Waals surface area contributed by atoms with E-state index in [1.54, 1.807) is 0 Å². The van der Waals surface area contributed by atoms with Crippen molar-refractivity contribution in [3.05, 3.63) is 29.6 Å². The average Bonchev–Trinajstić information content (AvgIpc) is 2.15. The maximum atomic E-state index is 12.3. The molecule has 0 fully saturated rings. The largest absolute Gasteiger partial charge is 0.417 e. The highest BCUT2D eigenvalue weighted by molar-refractivity contribution is 7.99. The molecule has 2 nitrogen and oxygen atoms in total. The molecule has 0 spiro atoms. The summed E-state index contributed by atoms with van der Waals surface area (Å²) in [6.07, 6.45) is -2.08. The third-order valence-corrected chi connectivity index (χ3v) is 2.38. The first-order valence-electron chi connectivity index (χ1n) is 4.93. The fraction of sp³-hybridized carbons (Fsp3) is 0.455. The molecule has 17 heavy (non-hydrogen) atoms. The summed E-state index contributed by atoms with van der Waals surface area (Å²) in [6, 6.07) is 2.30. The molecule has 0 N–H and O–H groups in total. The molecular formula is C11H13F3N2S. The van der Waals surface area contributed by atoms with Gasteiger partial charge in [0.05, 0.1) is 17.5 Å². The molecule has 0 saturated heterocycles. The monoisotopic (exact) mass is 262 g/mol. The Labute approximate surface area is 102 Å². The van der Waals surface area contributed by atoms with Crippen molar-refractivity contribution in [3.8, 4) is 0 Å². The standard InChI is InChI=1S/C11H13F3N2S/c1-10(2,3)17-16-7-9-5-4-8(6-15-9)11(12,13)14/h4-7H,1-3H3. The Hall–Kier alpha value is -1.04. The molecule has 1 aromatic heterocycles. The fourth-order valence-electron chi connectivity index (χ4n) is 0.888. The topological polar surface area (TPSA) is 25.2 Å². The van der Waals surface area contributed by atoms with E-state index in [9.17, 15) is 13.2 Å². The summed E-state index contributed by atoms with van der Waals surface area (Å²) in [4.78, 5) is 3.68. The zero-order valence-corrected chi connectivity index (χ0v) is 10.6. The van der Waals surface area contributed by atoms with Crippen molar-refractivity contribution < 1.29 is 13.2 Å². The van der Waals surface area contributed by atoms with Crippen LogP contribution in [0.15, 0.2) is 22.7 Å². The number of hydrogen-bond donors (Lipinski definition) is 0. The Morgan fingerprint density at radius 3 is 2.29 bits per heavy atom. The highest BCUT2D eigenvalue weighted by atomic mass is 32.2. The second kappa shape index (κ2) is 5.08. The lowest BCUT2D eigenvalue weighted by atomic mass is 10.2. The van der Waals surface area contributed by atoms with Gasteiger partial charge in [0.1, 0.15) is 0 Å². The van der Waals surface area contributed by atoms with Gasteiger partial charge in [0, 0.05) is 10.9 Å². The first-order chi connectivity index (χ1) is 7.68. The van der Waals surface area contributed by atoms with Crippen molar-refractivity contribution in [1.29, 1.82) is 0 Å². The van der Waals surface area contributed by atoms with E-state index >= 15 is 0 Å². The molecule has 6 heteroatoms. The van der Waals surface area contributed by atoms with E-state index in [0.717, 1.165) is 12.3 Å². The highest BCUT2D eigenvalue weighted by Crippen LogP contribution is 2.28. The van der Waals surface area contributed by atoms with Crippen LogP contribution in [0, 0.1) is 0 Å². The summed E-state index contributed by atoms with van der Waals surface area (Å²) in [5.41, 5.74) is -0.340. The van der Waals surface area contributed by atoms with E-state index in [2.05, 4.69) is 9.38 Å². The molecule has 0 bridgehead atoms. The van der Waals surface area contributed by atoms with E-state index in [-0.39, 0.29) is 4.75 Å². The van der Waals surface area contributed by atoms with Gasteiger partial charge in [-0.25, -0.2) is 4.40 Å². The summed E-state index contributed by atoms with van der Waals surface area (Å²) >= 11 is 1.35.